The Balaban J connectivity index is 2.82. The number of hydrogen-bond acceptors (Lipinski definition) is 1. The van der Waals surface area contributed by atoms with Crippen LogP contribution in [-0.2, 0) is 0 Å². The van der Waals surface area contributed by atoms with Crippen molar-refractivity contribution in [2.45, 2.75) is 39.7 Å². The lowest BCUT2D eigenvalue weighted by Gasteiger charge is -1.85. The lowest BCUT2D eigenvalue weighted by Crippen LogP contribution is -2.42. The summed E-state index contributed by atoms with van der Waals surface area (Å²) in [6, 6.07) is 0.388. The van der Waals surface area contributed by atoms with Crippen molar-refractivity contribution in [2.75, 3.05) is 0 Å². The lowest BCUT2D eigenvalue weighted by atomic mass is 10.2. The van der Waals surface area contributed by atoms with Crippen molar-refractivity contribution in [3.63, 3.8) is 0 Å². The molecule has 1 aromatic rings. The van der Waals surface area contributed by atoms with E-state index >= 15 is 0 Å². The van der Waals surface area contributed by atoms with Gasteiger partial charge in [0, 0.05) is 13.8 Å². The predicted molar refractivity (Wildman–Crippen MR) is 39.8 cm³/mol. The molecule has 0 unspecified atom stereocenters. The maximum atomic E-state index is 4.31. The van der Waals surface area contributed by atoms with Gasteiger partial charge in [0.05, 0.1) is 21.0 Å². The molecule has 0 aliphatic rings. The summed E-state index contributed by atoms with van der Waals surface area (Å²) >= 11 is 0. The largest absolute Gasteiger partial charge is 0.367 e. The highest BCUT2D eigenvalue weighted by molar-refractivity contribution is 4.74. The second kappa shape index (κ2) is 2.98. The van der Waals surface area contributed by atoms with Crippen LogP contribution in [0.15, 0.2) is 0 Å². The molecule has 0 bridgehead atoms. The van der Waals surface area contributed by atoms with Gasteiger partial charge in [-0.3, -0.25) is 0 Å². The molecule has 0 saturated carbocycles. The third-order valence-electron chi connectivity index (χ3n) is 1.55. The third kappa shape index (κ3) is 1.76. The molecule has 4 nitrogen and oxygen atoms in total. The molecule has 0 spiro atoms. The van der Waals surface area contributed by atoms with Crippen molar-refractivity contribution in [1.82, 2.24) is 10.3 Å². The second-order valence-electron chi connectivity index (χ2n) is 3.32. The van der Waals surface area contributed by atoms with E-state index in [0.717, 1.165) is 5.82 Å². The zero-order chi connectivity index (χ0) is 8.43. The molecule has 0 amide bonds. The van der Waals surface area contributed by atoms with Crippen LogP contribution in [0.2, 0.25) is 0 Å². The summed E-state index contributed by atoms with van der Waals surface area (Å²) in [4.78, 5) is 1.81. The Bertz CT molecular complexity index is 204. The van der Waals surface area contributed by atoms with Gasteiger partial charge in [-0.15, -0.1) is 0 Å². The molecule has 11 heavy (non-hydrogen) atoms. The highest BCUT2D eigenvalue weighted by Crippen LogP contribution is 2.01. The highest BCUT2D eigenvalue weighted by Gasteiger charge is 2.21. The Morgan fingerprint density at radius 3 is 2.27 bits per heavy atom. The van der Waals surface area contributed by atoms with Crippen LogP contribution < -0.4 is 9.90 Å². The molecule has 0 atom stereocenters. The van der Waals surface area contributed by atoms with Crippen LogP contribution in [0.1, 0.15) is 45.5 Å². The zero-order valence-electron chi connectivity index (χ0n) is 7.55. The molecule has 0 aliphatic heterocycles. The Morgan fingerprint density at radius 1 is 1.36 bits per heavy atom. The van der Waals surface area contributed by atoms with Crippen LogP contribution in [0.4, 0.5) is 0 Å². The fraction of sp³-hybridized carbons (Fsp3) is 0.857. The van der Waals surface area contributed by atoms with Crippen LogP contribution in [0.3, 0.4) is 0 Å². The Labute approximate surface area is 66.6 Å². The van der Waals surface area contributed by atoms with Gasteiger partial charge in [0.15, 0.2) is 0 Å². The Kier molecular flexibility index (Phi) is 2.22. The monoisotopic (exact) mass is 156 g/mol. The van der Waals surface area contributed by atoms with Gasteiger partial charge < -0.3 is 0 Å². The summed E-state index contributed by atoms with van der Waals surface area (Å²) in [6.45, 7) is 8.39. The third-order valence-corrected chi connectivity index (χ3v) is 1.55. The molecule has 1 rings (SSSR count). The number of aromatic amines is 2. The van der Waals surface area contributed by atoms with E-state index in [1.807, 2.05) is 4.80 Å². The summed E-state index contributed by atoms with van der Waals surface area (Å²) < 4.78 is 0. The first kappa shape index (κ1) is 8.17. The van der Waals surface area contributed by atoms with Crippen LogP contribution in [0.25, 0.3) is 0 Å². The number of nitrogens with one attached hydrogen (secondary N) is 2. The number of hydrogen-bond donors (Lipinski definition) is 1. The van der Waals surface area contributed by atoms with E-state index in [1.54, 1.807) is 0 Å². The normalized spacial score (nSPS) is 11.5. The van der Waals surface area contributed by atoms with Gasteiger partial charge in [0.25, 0.3) is 0 Å². The van der Waals surface area contributed by atoms with Crippen LogP contribution in [-0.4, -0.2) is 10.3 Å². The minimum absolute atomic E-state index is 0.388. The van der Waals surface area contributed by atoms with Gasteiger partial charge in [-0.05, 0) is 0 Å². The Hall–Kier alpha value is -0.930. The van der Waals surface area contributed by atoms with Crippen molar-refractivity contribution in [1.29, 1.82) is 0 Å². The van der Waals surface area contributed by atoms with E-state index in [1.165, 1.54) is 0 Å². The zero-order valence-corrected chi connectivity index (χ0v) is 7.55. The number of nitrogens with zero attached hydrogens (tertiary/aromatic N) is 2. The number of tetrazole rings is 1. The van der Waals surface area contributed by atoms with Gasteiger partial charge in [-0.25, -0.2) is 0 Å². The first-order valence-electron chi connectivity index (χ1n) is 4.00. The van der Waals surface area contributed by atoms with E-state index in [4.69, 9.17) is 0 Å². The molecule has 0 fully saturated rings. The number of H-pyrrole nitrogens is 2. The topological polar surface area (TPSA) is 46.7 Å². The molecule has 0 radical (unpaired) electrons. The highest BCUT2D eigenvalue weighted by atomic mass is 15.6. The van der Waals surface area contributed by atoms with E-state index in [2.05, 4.69) is 43.1 Å². The summed E-state index contributed by atoms with van der Waals surface area (Å²) in [6.07, 6.45) is 0. The summed E-state index contributed by atoms with van der Waals surface area (Å²) in [7, 11) is 0. The van der Waals surface area contributed by atoms with Crippen LogP contribution in [0, 0.1) is 0 Å². The summed E-state index contributed by atoms with van der Waals surface area (Å²) in [5.74, 6) is 1.45. The molecule has 0 saturated heterocycles. The Morgan fingerprint density at radius 2 is 2.00 bits per heavy atom. The van der Waals surface area contributed by atoms with Crippen molar-refractivity contribution >= 4 is 0 Å². The van der Waals surface area contributed by atoms with E-state index in [-0.39, 0.29) is 0 Å². The van der Waals surface area contributed by atoms with E-state index < -0.39 is 0 Å². The van der Waals surface area contributed by atoms with Crippen molar-refractivity contribution in [3.05, 3.63) is 5.82 Å². The minimum Gasteiger partial charge on any atom is -0.0554 e. The number of aromatic nitrogens is 4. The van der Waals surface area contributed by atoms with Crippen molar-refractivity contribution in [2.24, 2.45) is 0 Å². The van der Waals surface area contributed by atoms with Gasteiger partial charge in [0.1, 0.15) is 0 Å². The predicted octanol–water partition coefficient (Wildman–Crippen LogP) is 0.216. The van der Waals surface area contributed by atoms with Crippen molar-refractivity contribution in [3.8, 4) is 0 Å². The lowest BCUT2D eigenvalue weighted by molar-refractivity contribution is -0.860. The average Bonchev–Trinajstić information content (AvgIpc) is 2.33. The van der Waals surface area contributed by atoms with E-state index in [0.29, 0.717) is 12.0 Å². The minimum atomic E-state index is 0.388. The standard InChI is InChI=1S/C7H14N4/c1-5(2)7-8-10-11(9-7)6(3)4/h5-6H,1-4H3/p+2. The average molecular weight is 156 g/mol. The maximum absolute atomic E-state index is 4.31. The fourth-order valence-electron chi connectivity index (χ4n) is 0.785. The van der Waals surface area contributed by atoms with Crippen LogP contribution >= 0.6 is 0 Å². The first-order chi connectivity index (χ1) is 5.11. The van der Waals surface area contributed by atoms with Gasteiger partial charge in [-0.1, -0.05) is 18.9 Å². The van der Waals surface area contributed by atoms with Crippen molar-refractivity contribution < 1.29 is 9.90 Å². The molecule has 4 heteroatoms. The molecule has 0 aliphatic carbocycles. The smallest absolute Gasteiger partial charge is 0.0554 e. The SMILES string of the molecule is CC(C)c1n[n+](C(C)C)[nH][nH+]1. The molecule has 62 valence electrons. The molecule has 1 aromatic heterocycles. The fourth-order valence-corrected chi connectivity index (χ4v) is 0.785. The molecular weight excluding hydrogens is 140 g/mol. The quantitative estimate of drug-likeness (QED) is 0.611. The maximum Gasteiger partial charge on any atom is 0.367 e. The molecule has 0 aromatic carbocycles. The molecular formula is C7H16N4+2. The summed E-state index contributed by atoms with van der Waals surface area (Å²) in [5, 5.41) is 10.3. The van der Waals surface area contributed by atoms with Gasteiger partial charge >= 0.3 is 5.82 Å². The van der Waals surface area contributed by atoms with Gasteiger partial charge in [-0.2, -0.15) is 0 Å². The van der Waals surface area contributed by atoms with Crippen LogP contribution in [0.5, 0.6) is 0 Å². The molecule has 1 heterocycles. The summed E-state index contributed by atoms with van der Waals surface area (Å²) in [5.41, 5.74) is 0. The van der Waals surface area contributed by atoms with E-state index in [9.17, 15) is 0 Å². The first-order valence-corrected chi connectivity index (χ1v) is 4.00. The molecule has 2 N–H and O–H groups in total. The number of rotatable bonds is 2. The van der Waals surface area contributed by atoms with Gasteiger partial charge in [0.2, 0.25) is 6.04 Å². The second-order valence-corrected chi connectivity index (χ2v) is 3.32.